The van der Waals surface area contributed by atoms with Crippen molar-refractivity contribution in [3.63, 3.8) is 0 Å². The third-order valence-electron chi connectivity index (χ3n) is 10.1. The lowest BCUT2D eigenvalue weighted by Gasteiger charge is -2.41. The van der Waals surface area contributed by atoms with Gasteiger partial charge in [0.15, 0.2) is 0 Å². The molecular formula is C39H76NO12P. The summed E-state index contributed by atoms with van der Waals surface area (Å²) in [4.78, 5) is 23.3. The molecule has 0 bridgehead atoms. The van der Waals surface area contributed by atoms with Gasteiger partial charge in [0.05, 0.1) is 31.3 Å². The van der Waals surface area contributed by atoms with Crippen molar-refractivity contribution in [2.75, 3.05) is 6.61 Å². The summed E-state index contributed by atoms with van der Waals surface area (Å²) in [5, 5.41) is 74.2. The minimum atomic E-state index is -5.11. The smallest absolute Gasteiger partial charge is 0.393 e. The van der Waals surface area contributed by atoms with Crippen LogP contribution in [0.25, 0.3) is 0 Å². The van der Waals surface area contributed by atoms with Gasteiger partial charge in [-0.3, -0.25) is 13.8 Å². The first kappa shape index (κ1) is 50.1. The predicted molar refractivity (Wildman–Crippen MR) is 206 cm³/mol. The molecule has 0 heterocycles. The van der Waals surface area contributed by atoms with Crippen LogP contribution in [0.5, 0.6) is 0 Å². The number of aliphatic hydroxyl groups is 7. The van der Waals surface area contributed by atoms with Crippen molar-refractivity contribution in [2.45, 2.75) is 223 Å². The maximum atomic E-state index is 12.9. The van der Waals surface area contributed by atoms with Gasteiger partial charge in [-0.05, 0) is 38.5 Å². The summed E-state index contributed by atoms with van der Waals surface area (Å²) < 4.78 is 22.8. The van der Waals surface area contributed by atoms with Gasteiger partial charge in [-0.2, -0.15) is 0 Å². The average molecular weight is 782 g/mol. The van der Waals surface area contributed by atoms with Crippen molar-refractivity contribution in [3.8, 4) is 0 Å². The highest BCUT2D eigenvalue weighted by Gasteiger charge is 2.51. The van der Waals surface area contributed by atoms with Crippen LogP contribution in [0, 0.1) is 0 Å². The lowest BCUT2D eigenvalue weighted by Crippen LogP contribution is -2.64. The van der Waals surface area contributed by atoms with E-state index >= 15 is 0 Å². The van der Waals surface area contributed by atoms with Crippen LogP contribution in [0.3, 0.4) is 0 Å². The van der Waals surface area contributed by atoms with Gasteiger partial charge in [0.2, 0.25) is 5.91 Å². The predicted octanol–water partition coefficient (Wildman–Crippen LogP) is 5.47. The van der Waals surface area contributed by atoms with Crippen LogP contribution in [0.4, 0.5) is 0 Å². The van der Waals surface area contributed by atoms with E-state index in [2.05, 4.69) is 31.3 Å². The van der Waals surface area contributed by atoms with E-state index in [1.807, 2.05) is 0 Å². The Labute approximate surface area is 319 Å². The number of rotatable bonds is 33. The highest BCUT2D eigenvalue weighted by molar-refractivity contribution is 7.47. The van der Waals surface area contributed by atoms with E-state index in [-0.39, 0.29) is 12.8 Å². The first-order chi connectivity index (χ1) is 25.3. The van der Waals surface area contributed by atoms with Crippen LogP contribution in [0.2, 0.25) is 0 Å². The van der Waals surface area contributed by atoms with E-state index in [9.17, 15) is 50.0 Å². The Bertz CT molecular complexity index is 974. The zero-order chi connectivity index (χ0) is 39.5. The Balaban J connectivity index is 2.59. The number of nitrogens with one attached hydrogen (secondary N) is 1. The van der Waals surface area contributed by atoms with Crippen LogP contribution in [-0.2, 0) is 18.4 Å². The number of allylic oxidation sites excluding steroid dienone is 2. The Morgan fingerprint density at radius 1 is 0.642 bits per heavy atom. The van der Waals surface area contributed by atoms with E-state index in [4.69, 9.17) is 9.05 Å². The minimum Gasteiger partial charge on any atom is -0.393 e. The summed E-state index contributed by atoms with van der Waals surface area (Å²) >= 11 is 0. The molecule has 53 heavy (non-hydrogen) atoms. The molecule has 0 aromatic carbocycles. The molecular weight excluding hydrogens is 705 g/mol. The van der Waals surface area contributed by atoms with Crippen molar-refractivity contribution in [1.82, 2.24) is 5.32 Å². The van der Waals surface area contributed by atoms with Gasteiger partial charge in [0, 0.05) is 0 Å². The quantitative estimate of drug-likeness (QED) is 0.0230. The molecule has 8 atom stereocenters. The molecule has 1 rings (SSSR count). The molecule has 0 saturated heterocycles. The van der Waals surface area contributed by atoms with Crippen molar-refractivity contribution in [2.24, 2.45) is 0 Å². The highest BCUT2D eigenvalue weighted by Crippen LogP contribution is 2.47. The first-order valence-corrected chi connectivity index (χ1v) is 22.2. The standard InChI is InChI=1S/C39H76NO12P/c1-3-5-7-9-11-13-15-16-17-18-20-22-24-26-30(41)28-33(43)40-31(32(42)27-25-23-21-19-14-12-10-8-6-4-2)29-51-53(49,50)52-39-37(47)35(45)34(44)36(46)38(39)48/h13,15,30-32,34-39,41-42,44-48H,3-12,14,16-29H2,1-2H3,(H,40,43)(H,49,50)/b15-13-. The lowest BCUT2D eigenvalue weighted by molar-refractivity contribution is -0.220. The number of hydrogen-bond acceptors (Lipinski definition) is 11. The van der Waals surface area contributed by atoms with E-state index in [1.165, 1.54) is 57.8 Å². The molecule has 1 amide bonds. The summed E-state index contributed by atoms with van der Waals surface area (Å²) in [6.45, 7) is 3.72. The number of unbranched alkanes of at least 4 members (excludes halogenated alkanes) is 18. The van der Waals surface area contributed by atoms with E-state index in [0.717, 1.165) is 70.6 Å². The monoisotopic (exact) mass is 782 g/mol. The van der Waals surface area contributed by atoms with Crippen LogP contribution in [-0.4, -0.2) is 108 Å². The molecule has 1 aliphatic carbocycles. The van der Waals surface area contributed by atoms with Crippen LogP contribution in [0.15, 0.2) is 12.2 Å². The molecule has 14 heteroatoms. The molecule has 8 unspecified atom stereocenters. The van der Waals surface area contributed by atoms with Gasteiger partial charge in [-0.1, -0.05) is 135 Å². The fraction of sp³-hybridized carbons (Fsp3) is 0.923. The lowest BCUT2D eigenvalue weighted by atomic mass is 9.85. The second-order valence-electron chi connectivity index (χ2n) is 15.0. The van der Waals surface area contributed by atoms with Crippen molar-refractivity contribution in [3.05, 3.63) is 12.2 Å². The Hall–Kier alpha value is -0.960. The molecule has 0 aromatic heterocycles. The average Bonchev–Trinajstić information content (AvgIpc) is 3.12. The van der Waals surface area contributed by atoms with E-state index in [0.29, 0.717) is 12.8 Å². The minimum absolute atomic E-state index is 0.226. The molecule has 1 aliphatic rings. The Kier molecular flexibility index (Phi) is 28.5. The molecule has 0 spiro atoms. The number of phosphoric ester groups is 1. The van der Waals surface area contributed by atoms with E-state index < -0.39 is 75.2 Å². The van der Waals surface area contributed by atoms with Crippen molar-refractivity contribution >= 4 is 13.7 Å². The number of carbonyl (C=O) groups is 1. The first-order valence-electron chi connectivity index (χ1n) is 20.7. The number of amides is 1. The Morgan fingerprint density at radius 2 is 1.06 bits per heavy atom. The zero-order valence-electron chi connectivity index (χ0n) is 32.7. The maximum absolute atomic E-state index is 12.9. The summed E-state index contributed by atoms with van der Waals surface area (Å²) in [6, 6.07) is -1.15. The highest BCUT2D eigenvalue weighted by atomic mass is 31.2. The summed E-state index contributed by atoms with van der Waals surface area (Å²) in [7, 11) is -5.11. The number of aliphatic hydroxyl groups excluding tert-OH is 7. The Morgan fingerprint density at radius 3 is 1.57 bits per heavy atom. The maximum Gasteiger partial charge on any atom is 0.472 e. The zero-order valence-corrected chi connectivity index (χ0v) is 33.6. The number of carbonyl (C=O) groups excluding carboxylic acids is 1. The largest absolute Gasteiger partial charge is 0.472 e. The van der Waals surface area contributed by atoms with Crippen molar-refractivity contribution < 1.29 is 59.0 Å². The van der Waals surface area contributed by atoms with Crippen molar-refractivity contribution in [1.29, 1.82) is 0 Å². The SMILES string of the molecule is CCCCCC/C=C\CCCCCCCC(O)CC(=O)NC(COP(=O)(O)OC1C(O)C(O)C(O)C(O)C1O)C(O)CCCCCCCCCCCC. The molecule has 314 valence electrons. The number of hydrogen-bond donors (Lipinski definition) is 9. The topological polar surface area (TPSA) is 226 Å². The fourth-order valence-electron chi connectivity index (χ4n) is 6.65. The third-order valence-corrected chi connectivity index (χ3v) is 11.1. The molecule has 0 radical (unpaired) electrons. The molecule has 0 aromatic rings. The van der Waals surface area contributed by atoms with Gasteiger partial charge in [0.25, 0.3) is 0 Å². The van der Waals surface area contributed by atoms with E-state index in [1.54, 1.807) is 0 Å². The molecule has 1 fully saturated rings. The van der Waals surface area contributed by atoms with Crippen LogP contribution >= 0.6 is 7.82 Å². The molecule has 0 aliphatic heterocycles. The molecule has 1 saturated carbocycles. The number of phosphoric acid groups is 1. The van der Waals surface area contributed by atoms with Crippen LogP contribution < -0.4 is 5.32 Å². The van der Waals surface area contributed by atoms with Gasteiger partial charge in [-0.15, -0.1) is 0 Å². The second-order valence-corrected chi connectivity index (χ2v) is 16.4. The molecule has 13 nitrogen and oxygen atoms in total. The molecule has 9 N–H and O–H groups in total. The summed E-state index contributed by atoms with van der Waals surface area (Å²) in [6.07, 6.45) is 14.3. The van der Waals surface area contributed by atoms with Gasteiger partial charge < -0.3 is 46.0 Å². The second kappa shape index (κ2) is 30.2. The van der Waals surface area contributed by atoms with Gasteiger partial charge >= 0.3 is 7.82 Å². The van der Waals surface area contributed by atoms with Gasteiger partial charge in [0.1, 0.15) is 36.6 Å². The fourth-order valence-corrected chi connectivity index (χ4v) is 7.62. The van der Waals surface area contributed by atoms with Crippen LogP contribution in [0.1, 0.15) is 168 Å². The summed E-state index contributed by atoms with van der Waals surface area (Å²) in [5.41, 5.74) is 0. The van der Waals surface area contributed by atoms with Gasteiger partial charge in [-0.25, -0.2) is 4.57 Å². The third kappa shape index (κ3) is 23.0. The summed E-state index contributed by atoms with van der Waals surface area (Å²) in [5.74, 6) is -0.568. The normalized spacial score (nSPS) is 24.9.